The molecule has 0 aromatic heterocycles. The average Bonchev–Trinajstić information content (AvgIpc) is 2.59. The number of aryl methyl sites for hydroxylation is 1. The Bertz CT molecular complexity index is 776. The summed E-state index contributed by atoms with van der Waals surface area (Å²) in [6.45, 7) is 3.76. The number of nitro groups is 1. The second-order valence-electron chi connectivity index (χ2n) is 5.46. The molecule has 0 aliphatic rings. The van der Waals surface area contributed by atoms with Gasteiger partial charge in [-0.3, -0.25) is 14.9 Å². The molecule has 0 unspecified atom stereocenters. The molecule has 1 amide bonds. The summed E-state index contributed by atoms with van der Waals surface area (Å²) in [4.78, 5) is 22.9. The second kappa shape index (κ2) is 8.14. The van der Waals surface area contributed by atoms with Crippen molar-refractivity contribution in [2.45, 2.75) is 26.4 Å². The van der Waals surface area contributed by atoms with Gasteiger partial charge in [0, 0.05) is 12.1 Å². The van der Waals surface area contributed by atoms with Crippen LogP contribution in [0, 0.1) is 17.0 Å². The molecule has 0 fully saturated rings. The van der Waals surface area contributed by atoms with E-state index in [4.69, 9.17) is 9.47 Å². The molecule has 0 aliphatic heterocycles. The maximum Gasteiger partial charge on any atom is 0.271 e. The van der Waals surface area contributed by atoms with Gasteiger partial charge in [-0.25, -0.2) is 0 Å². The van der Waals surface area contributed by atoms with E-state index in [1.807, 2.05) is 32.0 Å². The van der Waals surface area contributed by atoms with Crippen molar-refractivity contribution in [1.29, 1.82) is 0 Å². The van der Waals surface area contributed by atoms with Crippen molar-refractivity contribution in [3.8, 4) is 11.5 Å². The van der Waals surface area contributed by atoms with Gasteiger partial charge in [-0.2, -0.15) is 0 Å². The van der Waals surface area contributed by atoms with Crippen molar-refractivity contribution in [3.05, 3.63) is 58.1 Å². The van der Waals surface area contributed by atoms with E-state index in [-0.39, 0.29) is 11.4 Å². The zero-order valence-electron chi connectivity index (χ0n) is 14.3. The number of nitrogens with one attached hydrogen (secondary N) is 1. The van der Waals surface area contributed by atoms with Crippen LogP contribution in [-0.4, -0.2) is 24.0 Å². The Labute approximate surface area is 145 Å². The lowest BCUT2D eigenvalue weighted by Gasteiger charge is -2.18. The smallest absolute Gasteiger partial charge is 0.271 e. The predicted octanol–water partition coefficient (Wildman–Crippen LogP) is 3.71. The Morgan fingerprint density at radius 3 is 2.64 bits per heavy atom. The van der Waals surface area contributed by atoms with Crippen molar-refractivity contribution >= 4 is 17.3 Å². The summed E-state index contributed by atoms with van der Waals surface area (Å²) >= 11 is 0. The number of non-ortho nitro benzene ring substituents is 1. The topological polar surface area (TPSA) is 90.7 Å². The Hall–Kier alpha value is -3.09. The molecule has 2 aromatic carbocycles. The van der Waals surface area contributed by atoms with Crippen LogP contribution in [0.25, 0.3) is 0 Å². The maximum atomic E-state index is 12.5. The molecule has 0 saturated carbocycles. The highest BCUT2D eigenvalue weighted by atomic mass is 16.6. The molecule has 7 nitrogen and oxygen atoms in total. The van der Waals surface area contributed by atoms with Gasteiger partial charge in [-0.1, -0.05) is 19.1 Å². The number of rotatable bonds is 7. The largest absolute Gasteiger partial charge is 0.495 e. The molecular formula is C18H20N2O5. The van der Waals surface area contributed by atoms with Crippen LogP contribution in [0.5, 0.6) is 11.5 Å². The second-order valence-corrected chi connectivity index (χ2v) is 5.46. The van der Waals surface area contributed by atoms with Crippen molar-refractivity contribution < 1.29 is 19.2 Å². The third-order valence-electron chi connectivity index (χ3n) is 3.58. The lowest BCUT2D eigenvalue weighted by molar-refractivity contribution is -0.384. The molecule has 0 bridgehead atoms. The van der Waals surface area contributed by atoms with E-state index in [0.717, 1.165) is 5.56 Å². The van der Waals surface area contributed by atoms with E-state index in [1.54, 1.807) is 6.07 Å². The number of hydrogen-bond donors (Lipinski definition) is 1. The van der Waals surface area contributed by atoms with Crippen molar-refractivity contribution in [2.24, 2.45) is 0 Å². The quantitative estimate of drug-likeness (QED) is 0.611. The predicted molar refractivity (Wildman–Crippen MR) is 94.2 cm³/mol. The molecule has 2 aromatic rings. The van der Waals surface area contributed by atoms with Crippen LogP contribution in [-0.2, 0) is 4.79 Å². The van der Waals surface area contributed by atoms with Gasteiger partial charge in [0.25, 0.3) is 11.6 Å². The zero-order chi connectivity index (χ0) is 18.4. The first-order valence-corrected chi connectivity index (χ1v) is 7.81. The minimum Gasteiger partial charge on any atom is -0.495 e. The molecule has 7 heteroatoms. The summed E-state index contributed by atoms with van der Waals surface area (Å²) in [5.74, 6) is 0.528. The van der Waals surface area contributed by atoms with E-state index in [2.05, 4.69) is 5.32 Å². The van der Waals surface area contributed by atoms with Gasteiger partial charge in [-0.15, -0.1) is 0 Å². The van der Waals surface area contributed by atoms with Crippen LogP contribution >= 0.6 is 0 Å². The number of methoxy groups -OCH3 is 1. The van der Waals surface area contributed by atoms with E-state index in [9.17, 15) is 14.9 Å². The van der Waals surface area contributed by atoms with E-state index >= 15 is 0 Å². The van der Waals surface area contributed by atoms with Crippen LogP contribution in [0.4, 0.5) is 11.4 Å². The third kappa shape index (κ3) is 4.69. The number of benzene rings is 2. The molecule has 0 radical (unpaired) electrons. The van der Waals surface area contributed by atoms with Crippen LogP contribution in [0.2, 0.25) is 0 Å². The minimum absolute atomic E-state index is 0.135. The van der Waals surface area contributed by atoms with Crippen molar-refractivity contribution in [1.82, 2.24) is 0 Å². The van der Waals surface area contributed by atoms with Gasteiger partial charge in [0.15, 0.2) is 6.10 Å². The summed E-state index contributed by atoms with van der Waals surface area (Å²) in [7, 11) is 1.43. The summed E-state index contributed by atoms with van der Waals surface area (Å²) in [5, 5.41) is 13.6. The van der Waals surface area contributed by atoms with Crippen LogP contribution in [0.15, 0.2) is 42.5 Å². The van der Waals surface area contributed by atoms with Crippen LogP contribution < -0.4 is 14.8 Å². The molecule has 0 spiro atoms. The number of amides is 1. The Balaban J connectivity index is 2.18. The van der Waals surface area contributed by atoms with Crippen LogP contribution in [0.3, 0.4) is 0 Å². The van der Waals surface area contributed by atoms with E-state index < -0.39 is 16.9 Å². The first-order chi connectivity index (χ1) is 11.9. The highest BCUT2D eigenvalue weighted by Gasteiger charge is 2.21. The zero-order valence-corrected chi connectivity index (χ0v) is 14.3. The summed E-state index contributed by atoms with van der Waals surface area (Å²) in [6.07, 6.45) is -0.289. The standard InChI is InChI=1S/C18H20N2O5/c1-4-16(25-14-7-5-6-12(2)10-14)18(21)19-15-11-13(20(22)23)8-9-17(15)24-3/h5-11,16H,4H2,1-3H3,(H,19,21)/t16-/m0/s1. The molecule has 0 saturated heterocycles. The number of nitrogens with zero attached hydrogens (tertiary/aromatic N) is 1. The lowest BCUT2D eigenvalue weighted by Crippen LogP contribution is -2.32. The first-order valence-electron chi connectivity index (χ1n) is 7.81. The van der Waals surface area contributed by atoms with Gasteiger partial charge >= 0.3 is 0 Å². The minimum atomic E-state index is -0.731. The number of hydrogen-bond acceptors (Lipinski definition) is 5. The number of nitro benzene ring substituents is 1. The summed E-state index contributed by atoms with van der Waals surface area (Å²) < 4.78 is 10.9. The van der Waals surface area contributed by atoms with Gasteiger partial charge in [-0.05, 0) is 37.1 Å². The first kappa shape index (κ1) is 18.3. The summed E-state index contributed by atoms with van der Waals surface area (Å²) in [6, 6.07) is 11.4. The highest BCUT2D eigenvalue weighted by molar-refractivity contribution is 5.96. The molecule has 2 rings (SSSR count). The molecule has 25 heavy (non-hydrogen) atoms. The number of ether oxygens (including phenoxy) is 2. The lowest BCUT2D eigenvalue weighted by atomic mass is 10.2. The SMILES string of the molecule is CC[C@H](Oc1cccc(C)c1)C(=O)Nc1cc([N+](=O)[O-])ccc1OC. The van der Waals surface area contributed by atoms with E-state index in [1.165, 1.54) is 25.3 Å². The van der Waals surface area contributed by atoms with Gasteiger partial charge in [0.05, 0.1) is 17.7 Å². The number of anilines is 1. The molecule has 132 valence electrons. The molecule has 0 heterocycles. The highest BCUT2D eigenvalue weighted by Crippen LogP contribution is 2.29. The van der Waals surface area contributed by atoms with Crippen molar-refractivity contribution in [2.75, 3.05) is 12.4 Å². The Morgan fingerprint density at radius 2 is 2.04 bits per heavy atom. The molecular weight excluding hydrogens is 324 g/mol. The fourth-order valence-corrected chi connectivity index (χ4v) is 2.30. The van der Waals surface area contributed by atoms with Crippen LogP contribution in [0.1, 0.15) is 18.9 Å². The number of carbonyl (C=O) groups is 1. The van der Waals surface area contributed by atoms with E-state index in [0.29, 0.717) is 17.9 Å². The maximum absolute atomic E-state index is 12.5. The normalized spacial score (nSPS) is 11.5. The fraction of sp³-hybridized carbons (Fsp3) is 0.278. The Kier molecular flexibility index (Phi) is 5.94. The van der Waals surface area contributed by atoms with Gasteiger partial charge in [0.2, 0.25) is 0 Å². The van der Waals surface area contributed by atoms with Gasteiger partial charge < -0.3 is 14.8 Å². The monoisotopic (exact) mass is 344 g/mol. The Morgan fingerprint density at radius 1 is 1.28 bits per heavy atom. The average molecular weight is 344 g/mol. The molecule has 1 atom stereocenters. The molecule has 0 aliphatic carbocycles. The molecule has 1 N–H and O–H groups in total. The fourth-order valence-electron chi connectivity index (χ4n) is 2.30. The summed E-state index contributed by atoms with van der Waals surface area (Å²) in [5.41, 5.74) is 1.12. The third-order valence-corrected chi connectivity index (χ3v) is 3.58. The van der Waals surface area contributed by atoms with Crippen molar-refractivity contribution in [3.63, 3.8) is 0 Å². The van der Waals surface area contributed by atoms with Gasteiger partial charge in [0.1, 0.15) is 11.5 Å². The number of carbonyl (C=O) groups excluding carboxylic acids is 1.